The first-order chi connectivity index (χ1) is 15.9. The molecule has 3 aromatic rings. The SMILES string of the molecule is COC(=O)CCCN1C(=S)N[C@H](c2ccccn2)[C@H]1c1cc(C)n(-c2ccc(Br)cc2)c1C. The second-order valence-corrected chi connectivity index (χ2v) is 9.44. The Bertz CT molecular complexity index is 1150. The van der Waals surface area contributed by atoms with Gasteiger partial charge in [-0.25, -0.2) is 0 Å². The third-order valence-electron chi connectivity index (χ3n) is 6.08. The molecule has 0 aliphatic carbocycles. The molecule has 0 saturated carbocycles. The Hall–Kier alpha value is -2.71. The molecule has 8 heteroatoms. The van der Waals surface area contributed by atoms with Crippen molar-refractivity contribution in [1.82, 2.24) is 19.8 Å². The Morgan fingerprint density at radius 1 is 1.21 bits per heavy atom. The van der Waals surface area contributed by atoms with Crippen LogP contribution in [0.15, 0.2) is 59.2 Å². The molecule has 4 rings (SSSR count). The summed E-state index contributed by atoms with van der Waals surface area (Å²) in [6.45, 7) is 4.92. The van der Waals surface area contributed by atoms with E-state index in [4.69, 9.17) is 17.0 Å². The van der Waals surface area contributed by atoms with Crippen molar-refractivity contribution in [3.8, 4) is 5.69 Å². The maximum absolute atomic E-state index is 11.7. The number of carbonyl (C=O) groups excluding carboxylic acids is 1. The Morgan fingerprint density at radius 2 is 1.97 bits per heavy atom. The quantitative estimate of drug-likeness (QED) is 0.338. The lowest BCUT2D eigenvalue weighted by atomic mass is 9.96. The van der Waals surface area contributed by atoms with Gasteiger partial charge in [-0.1, -0.05) is 22.0 Å². The molecule has 2 atom stereocenters. The summed E-state index contributed by atoms with van der Waals surface area (Å²) in [5, 5.41) is 4.16. The van der Waals surface area contributed by atoms with E-state index in [1.54, 1.807) is 0 Å². The van der Waals surface area contributed by atoms with Crippen LogP contribution in [0.1, 0.15) is 47.6 Å². The monoisotopic (exact) mass is 526 g/mol. The highest BCUT2D eigenvalue weighted by Gasteiger charge is 2.41. The van der Waals surface area contributed by atoms with Crippen LogP contribution in [-0.2, 0) is 9.53 Å². The second-order valence-electron chi connectivity index (χ2n) is 8.14. The van der Waals surface area contributed by atoms with Gasteiger partial charge in [0, 0.05) is 40.7 Å². The molecule has 1 aromatic carbocycles. The van der Waals surface area contributed by atoms with Crippen LogP contribution >= 0.6 is 28.1 Å². The van der Waals surface area contributed by atoms with Gasteiger partial charge in [-0.3, -0.25) is 9.78 Å². The smallest absolute Gasteiger partial charge is 0.305 e. The fourth-order valence-electron chi connectivity index (χ4n) is 4.56. The van der Waals surface area contributed by atoms with Crippen LogP contribution in [-0.4, -0.2) is 39.2 Å². The number of nitrogens with one attached hydrogen (secondary N) is 1. The Balaban J connectivity index is 1.74. The minimum Gasteiger partial charge on any atom is -0.469 e. The Morgan fingerprint density at radius 3 is 2.64 bits per heavy atom. The summed E-state index contributed by atoms with van der Waals surface area (Å²) >= 11 is 9.27. The molecule has 33 heavy (non-hydrogen) atoms. The number of ether oxygens (including phenoxy) is 1. The molecular formula is C25H27BrN4O2S. The maximum atomic E-state index is 11.7. The molecule has 0 unspecified atom stereocenters. The molecule has 0 spiro atoms. The fourth-order valence-corrected chi connectivity index (χ4v) is 5.15. The van der Waals surface area contributed by atoms with Gasteiger partial charge < -0.3 is 19.5 Å². The number of halogens is 1. The van der Waals surface area contributed by atoms with Crippen LogP contribution in [0.2, 0.25) is 0 Å². The molecule has 2 aromatic heterocycles. The highest BCUT2D eigenvalue weighted by molar-refractivity contribution is 9.10. The molecule has 172 valence electrons. The molecule has 1 N–H and O–H groups in total. The average Bonchev–Trinajstić information content (AvgIpc) is 3.30. The third kappa shape index (κ3) is 4.82. The van der Waals surface area contributed by atoms with Gasteiger partial charge in [-0.2, -0.15) is 0 Å². The number of nitrogens with zero attached hydrogens (tertiary/aromatic N) is 3. The van der Waals surface area contributed by atoms with Crippen molar-refractivity contribution in [2.45, 2.75) is 38.8 Å². The van der Waals surface area contributed by atoms with Crippen LogP contribution in [0.25, 0.3) is 5.69 Å². The van der Waals surface area contributed by atoms with Gasteiger partial charge in [0.15, 0.2) is 5.11 Å². The topological polar surface area (TPSA) is 59.4 Å². The fraction of sp³-hybridized carbons (Fsp3) is 0.320. The molecule has 1 saturated heterocycles. The van der Waals surface area contributed by atoms with E-state index in [1.807, 2.05) is 24.4 Å². The van der Waals surface area contributed by atoms with E-state index in [1.165, 1.54) is 12.7 Å². The van der Waals surface area contributed by atoms with Crippen LogP contribution < -0.4 is 5.32 Å². The minimum atomic E-state index is -0.209. The van der Waals surface area contributed by atoms with E-state index < -0.39 is 0 Å². The van der Waals surface area contributed by atoms with Gasteiger partial charge >= 0.3 is 5.97 Å². The number of rotatable bonds is 7. The van der Waals surface area contributed by atoms with Gasteiger partial charge in [0.2, 0.25) is 0 Å². The molecule has 1 aliphatic heterocycles. The number of benzene rings is 1. The molecule has 0 amide bonds. The molecule has 3 heterocycles. The normalized spacial score (nSPS) is 17.8. The van der Waals surface area contributed by atoms with E-state index >= 15 is 0 Å². The van der Waals surface area contributed by atoms with Crippen molar-refractivity contribution >= 4 is 39.2 Å². The zero-order valence-electron chi connectivity index (χ0n) is 18.9. The zero-order valence-corrected chi connectivity index (χ0v) is 21.3. The summed E-state index contributed by atoms with van der Waals surface area (Å²) in [7, 11) is 1.42. The number of hydrogen-bond acceptors (Lipinski definition) is 4. The highest BCUT2D eigenvalue weighted by Crippen LogP contribution is 2.41. The van der Waals surface area contributed by atoms with Gasteiger partial charge in [0.25, 0.3) is 0 Å². The summed E-state index contributed by atoms with van der Waals surface area (Å²) in [5.41, 5.74) is 5.55. The molecule has 1 fully saturated rings. The average molecular weight is 527 g/mol. The molecular weight excluding hydrogens is 500 g/mol. The predicted molar refractivity (Wildman–Crippen MR) is 136 cm³/mol. The van der Waals surface area contributed by atoms with Gasteiger partial charge in [-0.15, -0.1) is 0 Å². The van der Waals surface area contributed by atoms with Crippen LogP contribution in [0.3, 0.4) is 0 Å². The first kappa shape index (κ1) is 23.4. The van der Waals surface area contributed by atoms with E-state index in [2.05, 4.69) is 79.9 Å². The summed E-state index contributed by atoms with van der Waals surface area (Å²) in [5.74, 6) is -0.209. The number of aromatic nitrogens is 2. The summed E-state index contributed by atoms with van der Waals surface area (Å²) in [6.07, 6.45) is 2.82. The lowest BCUT2D eigenvalue weighted by Gasteiger charge is -2.28. The van der Waals surface area contributed by atoms with E-state index in [0.717, 1.165) is 27.2 Å². The number of carbonyl (C=O) groups is 1. The number of thiocarbonyl (C=S) groups is 1. The summed E-state index contributed by atoms with van der Waals surface area (Å²) < 4.78 is 8.13. The highest BCUT2D eigenvalue weighted by atomic mass is 79.9. The van der Waals surface area contributed by atoms with Crippen molar-refractivity contribution < 1.29 is 9.53 Å². The van der Waals surface area contributed by atoms with Crippen molar-refractivity contribution in [3.63, 3.8) is 0 Å². The van der Waals surface area contributed by atoms with Crippen molar-refractivity contribution in [3.05, 3.63) is 81.8 Å². The lowest BCUT2D eigenvalue weighted by Crippen LogP contribution is -2.31. The van der Waals surface area contributed by atoms with Gasteiger partial charge in [0.05, 0.1) is 24.9 Å². The largest absolute Gasteiger partial charge is 0.469 e. The van der Waals surface area contributed by atoms with Gasteiger partial charge in [-0.05, 0) is 80.5 Å². The number of pyridine rings is 1. The predicted octanol–water partition coefficient (Wildman–Crippen LogP) is 5.18. The van der Waals surface area contributed by atoms with Crippen LogP contribution in [0.5, 0.6) is 0 Å². The molecule has 0 radical (unpaired) electrons. The minimum absolute atomic E-state index is 0.0413. The second kappa shape index (κ2) is 10.1. The zero-order chi connectivity index (χ0) is 23.5. The summed E-state index contributed by atoms with van der Waals surface area (Å²) in [6, 6.07) is 16.4. The van der Waals surface area contributed by atoms with Crippen molar-refractivity contribution in [2.75, 3.05) is 13.7 Å². The number of aryl methyl sites for hydroxylation is 1. The number of methoxy groups -OCH3 is 1. The lowest BCUT2D eigenvalue weighted by molar-refractivity contribution is -0.140. The van der Waals surface area contributed by atoms with E-state index in [0.29, 0.717) is 24.5 Å². The molecule has 6 nitrogen and oxygen atoms in total. The van der Waals surface area contributed by atoms with Crippen LogP contribution in [0.4, 0.5) is 0 Å². The Labute approximate surface area is 208 Å². The first-order valence-corrected chi connectivity index (χ1v) is 12.1. The van der Waals surface area contributed by atoms with Crippen molar-refractivity contribution in [1.29, 1.82) is 0 Å². The first-order valence-electron chi connectivity index (χ1n) is 10.9. The standard InChI is InChI=1S/C25H27BrN4O2S/c1-16-15-20(17(2)30(16)19-11-9-18(26)10-12-19)24-23(21-7-4-5-13-27-21)28-25(33)29(24)14-6-8-22(31)32-3/h4-5,7,9-13,15,23-24H,6,8,14H2,1-3H3,(H,28,33)/t23-,24-/m1/s1. The molecule has 0 bridgehead atoms. The van der Waals surface area contributed by atoms with Gasteiger partial charge in [0.1, 0.15) is 0 Å². The maximum Gasteiger partial charge on any atom is 0.305 e. The molecule has 1 aliphatic rings. The van der Waals surface area contributed by atoms with E-state index in [-0.39, 0.29) is 18.1 Å². The van der Waals surface area contributed by atoms with Crippen molar-refractivity contribution in [2.24, 2.45) is 0 Å². The third-order valence-corrected chi connectivity index (χ3v) is 6.96. The Kier molecular flexibility index (Phi) is 7.14. The van der Waals surface area contributed by atoms with E-state index in [9.17, 15) is 4.79 Å². The number of esters is 1. The summed E-state index contributed by atoms with van der Waals surface area (Å²) in [4.78, 5) is 18.5. The van der Waals surface area contributed by atoms with Crippen LogP contribution in [0, 0.1) is 13.8 Å². The number of hydrogen-bond donors (Lipinski definition) is 1.